The maximum atomic E-state index is 1.66. The van der Waals surface area contributed by atoms with Crippen LogP contribution in [0.1, 0.15) is 25.7 Å². The Labute approximate surface area is 285 Å². The fourth-order valence-electron chi connectivity index (χ4n) is 31.0. The van der Waals surface area contributed by atoms with Crippen molar-refractivity contribution in [3.8, 4) is 0 Å². The summed E-state index contributed by atoms with van der Waals surface area (Å²) in [5.41, 5.74) is 0. The first-order chi connectivity index (χ1) is 24.0. The van der Waals surface area contributed by atoms with Crippen LogP contribution in [0.25, 0.3) is 0 Å². The first-order valence-electron chi connectivity index (χ1n) is 24.0. The summed E-state index contributed by atoms with van der Waals surface area (Å²) in [6.45, 7) is 0. The van der Waals surface area contributed by atoms with Gasteiger partial charge in [0.2, 0.25) is 0 Å². The van der Waals surface area contributed by atoms with Crippen molar-refractivity contribution in [2.75, 3.05) is 0 Å². The Morgan fingerprint density at radius 1 is 0.104 bits per heavy atom. The molecule has 0 N–H and O–H groups in total. The molecule has 23 rings (SSSR count). The summed E-state index contributed by atoms with van der Waals surface area (Å²) >= 11 is 0. The molecule has 0 bridgehead atoms. The molecule has 0 heterocycles. The summed E-state index contributed by atoms with van der Waals surface area (Å²) < 4.78 is 0. The Morgan fingerprint density at radius 2 is 0.188 bits per heavy atom. The van der Waals surface area contributed by atoms with Crippen molar-refractivity contribution < 1.29 is 0 Å². The average molecular weight is 629 g/mol. The molecule has 40 unspecified atom stereocenters. The van der Waals surface area contributed by atoms with E-state index in [-0.39, 0.29) is 0 Å². The van der Waals surface area contributed by atoms with E-state index in [4.69, 9.17) is 0 Å². The molecular weight excluding hydrogens is 577 g/mol. The highest BCUT2D eigenvalue weighted by Gasteiger charge is 2.99. The van der Waals surface area contributed by atoms with Gasteiger partial charge in [-0.15, -0.1) is 0 Å². The van der Waals surface area contributed by atoms with Crippen molar-refractivity contribution in [1.29, 1.82) is 0 Å². The Morgan fingerprint density at radius 3 is 0.271 bits per heavy atom. The van der Waals surface area contributed by atoms with Crippen LogP contribution in [0, 0.1) is 260 Å². The first-order valence-corrected chi connectivity index (χ1v) is 24.0. The van der Waals surface area contributed by atoms with E-state index < -0.39 is 0 Å². The smallest absolute Gasteiger partial charge is 0.0312 e. The summed E-state index contributed by atoms with van der Waals surface area (Å²) in [4.78, 5) is 0. The van der Waals surface area contributed by atoms with E-state index in [0.717, 1.165) is 0 Å². The minimum Gasteiger partial charge on any atom is -0.0496 e. The number of hydrogen-bond donors (Lipinski definition) is 0. The highest BCUT2D eigenvalue weighted by molar-refractivity contribution is 5.46. The molecule has 244 valence electrons. The van der Waals surface area contributed by atoms with Crippen LogP contribution in [0.15, 0.2) is 0 Å². The third-order valence-corrected chi connectivity index (χ3v) is 30.5. The van der Waals surface area contributed by atoms with Crippen LogP contribution in [-0.4, -0.2) is 0 Å². The van der Waals surface area contributed by atoms with Crippen LogP contribution in [0.2, 0.25) is 0 Å². The maximum absolute atomic E-state index is 1.66. The van der Waals surface area contributed by atoms with Gasteiger partial charge in [-0.25, -0.2) is 0 Å². The van der Waals surface area contributed by atoms with Crippen LogP contribution in [-0.2, 0) is 0 Å². The third-order valence-electron chi connectivity index (χ3n) is 30.5. The lowest BCUT2D eigenvalue weighted by Gasteiger charge is -3.01. The lowest BCUT2D eigenvalue weighted by Crippen LogP contribution is -2.98. The van der Waals surface area contributed by atoms with Crippen molar-refractivity contribution in [2.24, 2.45) is 260 Å². The van der Waals surface area contributed by atoms with E-state index in [1.807, 2.05) is 0 Å². The highest BCUT2D eigenvalue weighted by atomic mass is 15.0. The van der Waals surface area contributed by atoms with Gasteiger partial charge in [-0.2, -0.15) is 0 Å². The molecule has 23 aliphatic carbocycles. The largest absolute Gasteiger partial charge is 0.0496 e. The number of hydrogen-bond acceptors (Lipinski definition) is 0. The van der Waals surface area contributed by atoms with Crippen molar-refractivity contribution >= 4 is 0 Å². The zero-order valence-corrected chi connectivity index (χ0v) is 28.2. The molecule has 0 spiro atoms. The van der Waals surface area contributed by atoms with Gasteiger partial charge in [0.25, 0.3) is 0 Å². The molecule has 23 fully saturated rings. The summed E-state index contributed by atoms with van der Waals surface area (Å²) in [7, 11) is 0. The molecule has 0 heteroatoms. The second kappa shape index (κ2) is 5.38. The fraction of sp³-hybridized carbons (Fsp3) is 1.00. The lowest BCUT2D eigenvalue weighted by atomic mass is 9.03. The topological polar surface area (TPSA) is 0 Å². The minimum absolute atomic E-state index is 1.27. The quantitative estimate of drug-likeness (QED) is 0.254. The van der Waals surface area contributed by atoms with Gasteiger partial charge in [-0.3, -0.25) is 0 Å². The van der Waals surface area contributed by atoms with Gasteiger partial charge >= 0.3 is 0 Å². The summed E-state index contributed by atoms with van der Waals surface area (Å²) in [6.07, 6.45) is 6.64. The van der Waals surface area contributed by atoms with Crippen molar-refractivity contribution in [1.82, 2.24) is 0 Å². The Kier molecular flexibility index (Phi) is 2.42. The van der Waals surface area contributed by atoms with Gasteiger partial charge in [-0.05, 0) is 286 Å². The fourth-order valence-corrected chi connectivity index (χ4v) is 31.0. The zero-order chi connectivity index (χ0) is 28.2. The van der Waals surface area contributed by atoms with E-state index in [1.165, 1.54) is 260 Å². The van der Waals surface area contributed by atoms with E-state index in [2.05, 4.69) is 0 Å². The summed E-state index contributed by atoms with van der Waals surface area (Å²) in [5.74, 6) is 58.0. The summed E-state index contributed by atoms with van der Waals surface area (Å²) in [5, 5.41) is 0. The molecule has 40 atom stereocenters. The van der Waals surface area contributed by atoms with Crippen LogP contribution in [0.5, 0.6) is 0 Å². The van der Waals surface area contributed by atoms with Gasteiger partial charge in [0.1, 0.15) is 0 Å². The molecular formula is C48H52. The zero-order valence-electron chi connectivity index (χ0n) is 28.2. The second-order valence-corrected chi connectivity index (χ2v) is 26.9. The van der Waals surface area contributed by atoms with Crippen LogP contribution in [0.3, 0.4) is 0 Å². The molecule has 0 nitrogen and oxygen atoms in total. The third kappa shape index (κ3) is 1.32. The normalized spacial score (nSPS) is 101. The van der Waals surface area contributed by atoms with Crippen molar-refractivity contribution in [3.63, 3.8) is 0 Å². The predicted octanol–water partition coefficient (Wildman–Crippen LogP) is 6.97. The number of fused-ring (bicyclic) bond motifs is 64. The van der Waals surface area contributed by atoms with Crippen molar-refractivity contribution in [2.45, 2.75) is 25.7 Å². The number of rotatable bonds is 0. The molecule has 0 aliphatic heterocycles. The molecule has 23 saturated carbocycles. The first kappa shape index (κ1) is 21.6. The van der Waals surface area contributed by atoms with Gasteiger partial charge in [-0.1, -0.05) is 0 Å². The monoisotopic (exact) mass is 628 g/mol. The van der Waals surface area contributed by atoms with Crippen LogP contribution < -0.4 is 0 Å². The molecule has 0 aromatic heterocycles. The van der Waals surface area contributed by atoms with E-state index in [0.29, 0.717) is 0 Å². The Balaban J connectivity index is 0.527. The van der Waals surface area contributed by atoms with Crippen LogP contribution in [0.4, 0.5) is 0 Å². The van der Waals surface area contributed by atoms with E-state index in [9.17, 15) is 0 Å². The van der Waals surface area contributed by atoms with Gasteiger partial charge in [0.15, 0.2) is 0 Å². The molecule has 0 saturated heterocycles. The molecule has 0 aromatic carbocycles. The van der Waals surface area contributed by atoms with Gasteiger partial charge in [0, 0.05) is 0 Å². The summed E-state index contributed by atoms with van der Waals surface area (Å²) in [6, 6.07) is 0. The minimum atomic E-state index is 1.27. The predicted molar refractivity (Wildman–Crippen MR) is 172 cm³/mol. The Hall–Kier alpha value is 0. The van der Waals surface area contributed by atoms with E-state index in [1.54, 1.807) is 25.7 Å². The maximum Gasteiger partial charge on any atom is -0.0312 e. The molecule has 0 radical (unpaired) electrons. The lowest BCUT2D eigenvalue weighted by molar-refractivity contribution is -0.549. The van der Waals surface area contributed by atoms with E-state index >= 15 is 0 Å². The molecule has 0 aromatic rings. The average Bonchev–Trinajstić information content (AvgIpc) is 2.99. The second-order valence-electron chi connectivity index (χ2n) is 26.9. The van der Waals surface area contributed by atoms with Crippen LogP contribution >= 0.6 is 0 Å². The SMILES string of the molecule is C1CC2C1C1C2C2C1C1C2C2C1C1C2C2C1C1C2C2C1C1C2C2C1C1C3C4C5C6C7C8C9C%10C%11C%12CCC%12C%11C%10C9C8C7C6C5C4C3C21. The highest BCUT2D eigenvalue weighted by Crippen LogP contribution is 3.02. The molecule has 23 aliphatic rings. The standard InChI is InChI=1S/C48H52/c1-2-6-5(1)9-10(6)14-13(9)17-18(14)22-21(17)25-26(22)30-29(25)33-34(30)38-37(33)41-42(38)46-45(41)47-43-39-35-31-27-23-19-15-11-7-3-4-8(7)12(11)16(15)20(19)24(23)28(27)32(31)36(35)40(39)44(43)48(46)47/h5-48H,1-4H2. The Bertz CT molecular complexity index is 1650. The van der Waals surface area contributed by atoms with Crippen molar-refractivity contribution in [3.05, 3.63) is 0 Å². The van der Waals surface area contributed by atoms with Gasteiger partial charge in [0.05, 0.1) is 0 Å². The molecule has 0 amide bonds. The molecule has 48 heavy (non-hydrogen) atoms. The van der Waals surface area contributed by atoms with Gasteiger partial charge < -0.3 is 0 Å².